The first-order valence-electron chi connectivity index (χ1n) is 11.8. The van der Waals surface area contributed by atoms with Crippen molar-refractivity contribution >= 4 is 11.9 Å². The molecule has 29 heavy (non-hydrogen) atoms. The van der Waals surface area contributed by atoms with Crippen LogP contribution in [0, 0.1) is 11.3 Å². The molecule has 0 bridgehead atoms. The molecular weight excluding hydrogens is 366 g/mol. The fourth-order valence-electron chi connectivity index (χ4n) is 6.44. The highest BCUT2D eigenvalue weighted by atomic mass is 16.5. The lowest BCUT2D eigenvalue weighted by Gasteiger charge is -2.63. The number of guanidine groups is 1. The number of carbonyl (C=O) groups is 1. The third kappa shape index (κ3) is 3.44. The number of likely N-dealkylation sites (tertiary alicyclic amines) is 1. The molecule has 1 N–H and O–H groups in total. The van der Waals surface area contributed by atoms with Crippen LogP contribution in [0.25, 0.3) is 0 Å². The summed E-state index contributed by atoms with van der Waals surface area (Å²) >= 11 is 0. The van der Waals surface area contributed by atoms with E-state index in [4.69, 9.17) is 4.74 Å². The summed E-state index contributed by atoms with van der Waals surface area (Å²) in [6.45, 7) is 7.16. The number of hydrogen-bond acceptors (Lipinski definition) is 4. The maximum absolute atomic E-state index is 12.6. The number of carbonyl (C=O) groups excluding carboxylic acids is 1. The van der Waals surface area contributed by atoms with E-state index in [0.717, 1.165) is 64.7 Å². The van der Waals surface area contributed by atoms with E-state index >= 15 is 0 Å². The molecule has 0 radical (unpaired) electrons. The third-order valence-electron chi connectivity index (χ3n) is 8.27. The average Bonchev–Trinajstić information content (AvgIpc) is 3.14. The van der Waals surface area contributed by atoms with Crippen LogP contribution in [0.15, 0.2) is 4.99 Å². The van der Waals surface area contributed by atoms with Gasteiger partial charge >= 0.3 is 0 Å². The zero-order chi connectivity index (χ0) is 19.8. The summed E-state index contributed by atoms with van der Waals surface area (Å²) in [5.74, 6) is 2.03. The summed E-state index contributed by atoms with van der Waals surface area (Å²) in [5, 5.41) is 3.85. The van der Waals surface area contributed by atoms with Gasteiger partial charge in [0.05, 0.1) is 12.6 Å². The molecule has 162 valence electrons. The van der Waals surface area contributed by atoms with Gasteiger partial charge in [0.25, 0.3) is 0 Å². The Hall–Kier alpha value is -1.34. The topological polar surface area (TPSA) is 60.4 Å². The second-order valence-corrected chi connectivity index (χ2v) is 9.70. The zero-order valence-corrected chi connectivity index (χ0v) is 17.9. The SMILES string of the molecule is CN=C(NC1C2CCOC2C12CCC2)N1CCN(CC(=O)N2CCCCC2)CC1. The number of ether oxygens (including phenoxy) is 1. The highest BCUT2D eigenvalue weighted by Gasteiger charge is 2.66. The number of aliphatic imine (C=N–C) groups is 1. The highest BCUT2D eigenvalue weighted by molar-refractivity contribution is 5.81. The molecule has 3 saturated heterocycles. The van der Waals surface area contributed by atoms with Crippen LogP contribution in [0.3, 0.4) is 0 Å². The lowest BCUT2D eigenvalue weighted by Crippen LogP contribution is -2.73. The van der Waals surface area contributed by atoms with Gasteiger partial charge in [-0.05, 0) is 38.5 Å². The van der Waals surface area contributed by atoms with Crippen molar-refractivity contribution in [2.75, 3.05) is 59.5 Å². The van der Waals surface area contributed by atoms with Crippen molar-refractivity contribution in [3.05, 3.63) is 0 Å². The van der Waals surface area contributed by atoms with Crippen molar-refractivity contribution < 1.29 is 9.53 Å². The van der Waals surface area contributed by atoms with Crippen LogP contribution in [0.1, 0.15) is 44.9 Å². The van der Waals surface area contributed by atoms with Gasteiger partial charge in [-0.15, -0.1) is 0 Å². The van der Waals surface area contributed by atoms with Crippen molar-refractivity contribution in [3.63, 3.8) is 0 Å². The Labute approximate surface area is 174 Å². The Morgan fingerprint density at radius 1 is 1.03 bits per heavy atom. The van der Waals surface area contributed by atoms with E-state index in [2.05, 4.69) is 25.0 Å². The van der Waals surface area contributed by atoms with Gasteiger partial charge in [0.2, 0.25) is 5.91 Å². The Balaban J connectivity index is 1.12. The first-order chi connectivity index (χ1) is 14.2. The fraction of sp³-hybridized carbons (Fsp3) is 0.909. The van der Waals surface area contributed by atoms with Gasteiger partial charge in [0.1, 0.15) is 0 Å². The molecule has 0 aromatic rings. The molecule has 0 aromatic carbocycles. The molecule has 5 rings (SSSR count). The van der Waals surface area contributed by atoms with Crippen molar-refractivity contribution in [1.29, 1.82) is 0 Å². The number of fused-ring (bicyclic) bond motifs is 2. The highest BCUT2D eigenvalue weighted by Crippen LogP contribution is 2.62. The minimum atomic E-state index is 0.314. The Morgan fingerprint density at radius 2 is 1.79 bits per heavy atom. The quantitative estimate of drug-likeness (QED) is 0.566. The van der Waals surface area contributed by atoms with Gasteiger partial charge in [0.15, 0.2) is 5.96 Å². The van der Waals surface area contributed by atoms with Crippen LogP contribution in [-0.2, 0) is 9.53 Å². The summed E-state index contributed by atoms with van der Waals surface area (Å²) in [6.07, 6.45) is 9.22. The van der Waals surface area contributed by atoms with E-state index in [1.165, 1.54) is 32.1 Å². The van der Waals surface area contributed by atoms with Crippen molar-refractivity contribution in [1.82, 2.24) is 20.0 Å². The molecule has 1 spiro atoms. The molecule has 2 aliphatic carbocycles. The molecule has 7 nitrogen and oxygen atoms in total. The second kappa shape index (κ2) is 8.06. The Bertz CT molecular complexity index is 635. The minimum absolute atomic E-state index is 0.314. The van der Waals surface area contributed by atoms with Gasteiger partial charge in [0, 0.05) is 70.3 Å². The molecular formula is C22H37N5O2. The first-order valence-corrected chi connectivity index (χ1v) is 11.8. The Morgan fingerprint density at radius 3 is 2.45 bits per heavy atom. The van der Waals surface area contributed by atoms with E-state index < -0.39 is 0 Å². The monoisotopic (exact) mass is 403 g/mol. The number of nitrogens with one attached hydrogen (secondary N) is 1. The molecule has 3 unspecified atom stereocenters. The fourth-order valence-corrected chi connectivity index (χ4v) is 6.44. The smallest absolute Gasteiger partial charge is 0.236 e. The predicted molar refractivity (Wildman–Crippen MR) is 113 cm³/mol. The van der Waals surface area contributed by atoms with Crippen LogP contribution in [0.2, 0.25) is 0 Å². The average molecular weight is 404 g/mol. The lowest BCUT2D eigenvalue weighted by molar-refractivity contribution is -0.171. The van der Waals surface area contributed by atoms with Crippen LogP contribution >= 0.6 is 0 Å². The summed E-state index contributed by atoms with van der Waals surface area (Å²) in [6, 6.07) is 0.529. The zero-order valence-electron chi connectivity index (χ0n) is 17.9. The number of hydrogen-bond donors (Lipinski definition) is 1. The van der Waals surface area contributed by atoms with Crippen LogP contribution in [0.4, 0.5) is 0 Å². The third-order valence-corrected chi connectivity index (χ3v) is 8.27. The maximum Gasteiger partial charge on any atom is 0.236 e. The number of piperazine rings is 1. The number of piperidine rings is 1. The van der Waals surface area contributed by atoms with Crippen LogP contribution < -0.4 is 5.32 Å². The van der Waals surface area contributed by atoms with Gasteiger partial charge in [-0.2, -0.15) is 0 Å². The molecule has 0 aromatic heterocycles. The molecule has 3 heterocycles. The van der Waals surface area contributed by atoms with Crippen molar-refractivity contribution in [2.24, 2.45) is 16.3 Å². The molecule has 5 fully saturated rings. The molecule has 3 aliphatic heterocycles. The summed E-state index contributed by atoms with van der Waals surface area (Å²) in [4.78, 5) is 24.0. The number of amides is 1. The minimum Gasteiger partial charge on any atom is -0.377 e. The van der Waals surface area contributed by atoms with E-state index in [9.17, 15) is 4.79 Å². The van der Waals surface area contributed by atoms with E-state index in [-0.39, 0.29) is 0 Å². The molecule has 2 saturated carbocycles. The largest absolute Gasteiger partial charge is 0.377 e. The van der Waals surface area contributed by atoms with Gasteiger partial charge in [-0.1, -0.05) is 6.42 Å². The van der Waals surface area contributed by atoms with E-state index in [1.807, 2.05) is 7.05 Å². The first kappa shape index (κ1) is 19.6. The van der Waals surface area contributed by atoms with E-state index in [1.54, 1.807) is 0 Å². The van der Waals surface area contributed by atoms with Crippen molar-refractivity contribution in [2.45, 2.75) is 57.1 Å². The summed E-state index contributed by atoms with van der Waals surface area (Å²) in [5.41, 5.74) is 0.375. The maximum atomic E-state index is 12.6. The normalized spacial score (nSPS) is 34.5. The Kier molecular flexibility index (Phi) is 5.45. The molecule has 5 aliphatic rings. The van der Waals surface area contributed by atoms with Crippen molar-refractivity contribution in [3.8, 4) is 0 Å². The van der Waals surface area contributed by atoms with Gasteiger partial charge < -0.3 is 19.9 Å². The summed E-state index contributed by atoms with van der Waals surface area (Å²) in [7, 11) is 1.91. The van der Waals surface area contributed by atoms with E-state index in [0.29, 0.717) is 35.9 Å². The van der Waals surface area contributed by atoms with Crippen LogP contribution in [0.5, 0.6) is 0 Å². The molecule has 3 atom stereocenters. The number of nitrogens with zero attached hydrogens (tertiary/aromatic N) is 4. The number of rotatable bonds is 3. The second-order valence-electron chi connectivity index (χ2n) is 9.70. The van der Waals surface area contributed by atoms with Gasteiger partial charge in [-0.3, -0.25) is 14.7 Å². The van der Waals surface area contributed by atoms with Gasteiger partial charge in [-0.25, -0.2) is 0 Å². The predicted octanol–water partition coefficient (Wildman–Crippen LogP) is 1.15. The molecule has 7 heteroatoms. The van der Waals surface area contributed by atoms with Crippen LogP contribution in [-0.4, -0.2) is 98.2 Å². The lowest BCUT2D eigenvalue weighted by atomic mass is 9.46. The molecule has 1 amide bonds. The summed E-state index contributed by atoms with van der Waals surface area (Å²) < 4.78 is 6.07. The standard InChI is InChI=1S/C22H37N5O2/c1-23-21(24-19-17-6-15-29-20(17)22(19)7-5-8-22)27-13-11-25(12-14-27)16-18(28)26-9-3-2-4-10-26/h17,19-20H,2-16H2,1H3,(H,23,24).